The van der Waals surface area contributed by atoms with Crippen molar-refractivity contribution in [3.8, 4) is 11.5 Å². The number of phenolic OH excluding ortho intramolecular Hbond substituents is 1. The van der Waals surface area contributed by atoms with Crippen LogP contribution in [0.4, 0.5) is 0 Å². The third kappa shape index (κ3) is 4.66. The Morgan fingerprint density at radius 1 is 1.36 bits per heavy atom. The van der Waals surface area contributed by atoms with Gasteiger partial charge in [-0.3, -0.25) is 4.99 Å². The summed E-state index contributed by atoms with van der Waals surface area (Å²) in [7, 11) is 0. The first-order valence-electron chi connectivity index (χ1n) is 6.58. The maximum absolute atomic E-state index is 10.8. The van der Waals surface area contributed by atoms with Gasteiger partial charge in [0.25, 0.3) is 0 Å². The highest BCUT2D eigenvalue weighted by Gasteiger charge is 2.26. The van der Waals surface area contributed by atoms with E-state index in [1.54, 1.807) is 0 Å². The van der Waals surface area contributed by atoms with E-state index in [1.807, 2.05) is 13.8 Å². The third-order valence-electron chi connectivity index (χ3n) is 2.50. The monoisotopic (exact) mass is 327 g/mol. The van der Waals surface area contributed by atoms with E-state index in [-0.39, 0.29) is 11.5 Å². The molecule has 1 unspecified atom stereocenters. The Balaban J connectivity index is 0.00000116. The first-order chi connectivity index (χ1) is 10.5. The van der Waals surface area contributed by atoms with Crippen LogP contribution in [0.15, 0.2) is 23.2 Å². The number of hydrogen-bond donors (Lipinski definition) is 3. The maximum atomic E-state index is 10.8. The number of aromatic hydroxyl groups is 1. The van der Waals surface area contributed by atoms with E-state index in [4.69, 9.17) is 14.9 Å². The van der Waals surface area contributed by atoms with Crippen molar-refractivity contribution in [1.82, 2.24) is 0 Å². The Labute approximate surface area is 131 Å². The minimum Gasteiger partial charge on any atom is -0.507 e. The van der Waals surface area contributed by atoms with Crippen LogP contribution in [0.3, 0.4) is 0 Å². The molecule has 0 aromatic heterocycles. The summed E-state index contributed by atoms with van der Waals surface area (Å²) in [6.07, 6.45) is 0. The zero-order valence-electron chi connectivity index (χ0n) is 12.1. The highest BCUT2D eigenvalue weighted by atomic mass is 32.2. The van der Waals surface area contributed by atoms with E-state index in [9.17, 15) is 14.7 Å². The Bertz CT molecular complexity index is 587. The highest BCUT2D eigenvalue weighted by Crippen LogP contribution is 2.31. The van der Waals surface area contributed by atoms with Crippen LogP contribution >= 0.6 is 11.8 Å². The molecule has 0 radical (unpaired) electrons. The second kappa shape index (κ2) is 8.28. The zero-order valence-corrected chi connectivity index (χ0v) is 13.0. The van der Waals surface area contributed by atoms with Crippen LogP contribution in [0.2, 0.25) is 0 Å². The molecule has 1 aromatic carbocycles. The van der Waals surface area contributed by atoms with E-state index < -0.39 is 24.6 Å². The van der Waals surface area contributed by atoms with E-state index in [2.05, 4.69) is 4.99 Å². The summed E-state index contributed by atoms with van der Waals surface area (Å²) in [5, 5.41) is 27.7. The molecule has 3 N–H and O–H groups in total. The molecule has 1 aliphatic rings. The normalized spacial score (nSPS) is 16.3. The summed E-state index contributed by atoms with van der Waals surface area (Å²) < 4.78 is 4.92. The number of phenols is 1. The van der Waals surface area contributed by atoms with Gasteiger partial charge >= 0.3 is 11.9 Å². The van der Waals surface area contributed by atoms with Gasteiger partial charge in [-0.1, -0.05) is 13.8 Å². The van der Waals surface area contributed by atoms with Crippen molar-refractivity contribution in [3.05, 3.63) is 23.8 Å². The molecule has 1 atom stereocenters. The predicted octanol–water partition coefficient (Wildman–Crippen LogP) is 1.83. The number of thioether (sulfide) groups is 1. The lowest BCUT2D eigenvalue weighted by molar-refractivity contribution is -0.139. The topological polar surface area (TPSA) is 116 Å². The zero-order chi connectivity index (χ0) is 16.7. The molecule has 0 bridgehead atoms. The molecular formula is C14H17NO6S. The maximum Gasteiger partial charge on any atom is 0.341 e. The predicted molar refractivity (Wildman–Crippen MR) is 83.0 cm³/mol. The minimum absolute atomic E-state index is 0.134. The van der Waals surface area contributed by atoms with Gasteiger partial charge in [0.1, 0.15) is 16.5 Å². The quantitative estimate of drug-likeness (QED) is 0.755. The third-order valence-corrected chi connectivity index (χ3v) is 3.58. The summed E-state index contributed by atoms with van der Waals surface area (Å²) in [5.74, 6) is -1.72. The molecule has 0 saturated heterocycles. The van der Waals surface area contributed by atoms with E-state index in [1.165, 1.54) is 30.0 Å². The van der Waals surface area contributed by atoms with Gasteiger partial charge in [0, 0.05) is 17.4 Å². The van der Waals surface area contributed by atoms with Crippen molar-refractivity contribution >= 4 is 28.7 Å². The number of nitrogens with zero attached hydrogens (tertiary/aromatic N) is 1. The number of aliphatic carboxylic acids is 2. The lowest BCUT2D eigenvalue weighted by atomic mass is 10.2. The van der Waals surface area contributed by atoms with Crippen molar-refractivity contribution in [2.75, 3.05) is 12.4 Å². The number of rotatable bonds is 5. The number of carbonyl (C=O) groups is 2. The first-order valence-corrected chi connectivity index (χ1v) is 7.57. The van der Waals surface area contributed by atoms with Crippen molar-refractivity contribution in [2.45, 2.75) is 19.9 Å². The van der Waals surface area contributed by atoms with Crippen LogP contribution in [0.1, 0.15) is 19.4 Å². The Hall–Kier alpha value is -2.22. The summed E-state index contributed by atoms with van der Waals surface area (Å²) in [4.78, 5) is 25.2. The molecule has 7 nitrogen and oxygen atoms in total. The van der Waals surface area contributed by atoms with Crippen LogP contribution in [-0.2, 0) is 9.59 Å². The summed E-state index contributed by atoms with van der Waals surface area (Å²) in [6.45, 7) is 3.50. The van der Waals surface area contributed by atoms with Crippen LogP contribution in [0, 0.1) is 0 Å². The molecule has 0 spiro atoms. The largest absolute Gasteiger partial charge is 0.507 e. The van der Waals surface area contributed by atoms with Crippen molar-refractivity contribution < 1.29 is 29.6 Å². The van der Waals surface area contributed by atoms with Gasteiger partial charge in [-0.25, -0.2) is 9.59 Å². The average molecular weight is 327 g/mol. The molecular weight excluding hydrogens is 310 g/mol. The molecule has 1 heterocycles. The second-order valence-electron chi connectivity index (χ2n) is 3.96. The van der Waals surface area contributed by atoms with Crippen molar-refractivity contribution in [2.24, 2.45) is 4.99 Å². The van der Waals surface area contributed by atoms with Crippen LogP contribution < -0.4 is 4.74 Å². The molecule has 22 heavy (non-hydrogen) atoms. The van der Waals surface area contributed by atoms with Gasteiger partial charge in [-0.15, -0.1) is 11.8 Å². The number of benzene rings is 1. The van der Waals surface area contributed by atoms with E-state index in [0.29, 0.717) is 16.4 Å². The number of carboxylic acids is 2. The van der Waals surface area contributed by atoms with Crippen molar-refractivity contribution in [1.29, 1.82) is 0 Å². The molecule has 1 aromatic rings. The molecule has 0 amide bonds. The number of hydrogen-bond acceptors (Lipinski definition) is 6. The van der Waals surface area contributed by atoms with Gasteiger partial charge in [-0.2, -0.15) is 0 Å². The standard InChI is InChI=1S/C12H11NO6S.C2H6/c14-9-3-6(19-4-10(15)16)1-2-7(9)11-13-8(5-20-11)12(17)18;1-2/h1-3,8,14H,4-5H2,(H,15,16)(H,17,18);1-2H3. The smallest absolute Gasteiger partial charge is 0.341 e. The first kappa shape index (κ1) is 17.8. The lowest BCUT2D eigenvalue weighted by Crippen LogP contribution is -2.17. The van der Waals surface area contributed by atoms with Gasteiger partial charge in [0.15, 0.2) is 12.6 Å². The number of ether oxygens (including phenoxy) is 1. The van der Waals surface area contributed by atoms with E-state index in [0.717, 1.165) is 0 Å². The fourth-order valence-electron chi connectivity index (χ4n) is 1.57. The molecule has 0 saturated carbocycles. The van der Waals surface area contributed by atoms with Crippen molar-refractivity contribution in [3.63, 3.8) is 0 Å². The molecule has 120 valence electrons. The molecule has 0 fully saturated rings. The molecule has 8 heteroatoms. The van der Waals surface area contributed by atoms with Gasteiger partial charge < -0.3 is 20.1 Å². The van der Waals surface area contributed by atoms with Gasteiger partial charge in [0.2, 0.25) is 0 Å². The fraction of sp³-hybridized carbons (Fsp3) is 0.357. The van der Waals surface area contributed by atoms with Gasteiger partial charge in [0.05, 0.1) is 0 Å². The van der Waals surface area contributed by atoms with E-state index >= 15 is 0 Å². The summed E-state index contributed by atoms with van der Waals surface area (Å²) >= 11 is 1.24. The van der Waals surface area contributed by atoms with Crippen LogP contribution in [-0.4, -0.2) is 50.7 Å². The van der Waals surface area contributed by atoms with Crippen LogP contribution in [0.5, 0.6) is 11.5 Å². The number of aliphatic imine (C=N–C) groups is 1. The molecule has 1 aliphatic heterocycles. The number of carboxylic acid groups (broad SMARTS) is 2. The molecule has 0 aliphatic carbocycles. The van der Waals surface area contributed by atoms with Gasteiger partial charge in [-0.05, 0) is 12.1 Å². The SMILES string of the molecule is CC.O=C(O)COc1ccc(C2=NC(C(=O)O)CS2)c(O)c1. The summed E-state index contributed by atoms with van der Waals surface area (Å²) in [6, 6.07) is 3.48. The Morgan fingerprint density at radius 3 is 2.55 bits per heavy atom. The van der Waals surface area contributed by atoms with Crippen LogP contribution in [0.25, 0.3) is 0 Å². The second-order valence-corrected chi connectivity index (χ2v) is 4.97. The fourth-order valence-corrected chi connectivity index (χ4v) is 2.64. The highest BCUT2D eigenvalue weighted by molar-refractivity contribution is 8.14. The summed E-state index contributed by atoms with van der Waals surface area (Å²) in [5.41, 5.74) is 0.404. The molecule has 2 rings (SSSR count). The Morgan fingerprint density at radius 2 is 2.05 bits per heavy atom. The minimum atomic E-state index is -1.12. The lowest BCUT2D eigenvalue weighted by Gasteiger charge is -2.07. The average Bonchev–Trinajstić information content (AvgIpc) is 2.97. The Kier molecular flexibility index (Phi) is 6.71.